The Hall–Kier alpha value is -2.40. The predicted molar refractivity (Wildman–Crippen MR) is 73.5 cm³/mol. The molecule has 0 atom stereocenters. The molecule has 0 unspecified atom stereocenters. The molecule has 0 amide bonds. The molecule has 19 heavy (non-hydrogen) atoms. The Morgan fingerprint density at radius 2 is 2.11 bits per heavy atom. The number of para-hydroxylation sites is 1. The van der Waals surface area contributed by atoms with E-state index < -0.39 is 0 Å². The van der Waals surface area contributed by atoms with E-state index in [-0.39, 0.29) is 5.75 Å². The first-order valence-corrected chi connectivity index (χ1v) is 5.99. The summed E-state index contributed by atoms with van der Waals surface area (Å²) < 4.78 is 1.91. The van der Waals surface area contributed by atoms with Crippen LogP contribution in [0.2, 0.25) is 0 Å². The van der Waals surface area contributed by atoms with Crippen molar-refractivity contribution in [3.05, 3.63) is 42.4 Å². The number of hydrogen-bond acceptors (Lipinski definition) is 4. The first kappa shape index (κ1) is 11.7. The van der Waals surface area contributed by atoms with Crippen LogP contribution in [0.25, 0.3) is 22.3 Å². The number of aryl methyl sites for hydroxylation is 1. The molecule has 0 spiro atoms. The van der Waals surface area contributed by atoms with E-state index in [4.69, 9.17) is 5.73 Å². The quantitative estimate of drug-likeness (QED) is 0.731. The lowest BCUT2D eigenvalue weighted by molar-refractivity contribution is 0.479. The van der Waals surface area contributed by atoms with Gasteiger partial charge < -0.3 is 15.4 Å². The monoisotopic (exact) mass is 254 g/mol. The van der Waals surface area contributed by atoms with Crippen molar-refractivity contribution in [3.63, 3.8) is 0 Å². The molecule has 3 N–H and O–H groups in total. The molecule has 0 saturated carbocycles. The zero-order chi connectivity index (χ0) is 13.4. The Morgan fingerprint density at radius 1 is 1.26 bits per heavy atom. The molecule has 2 aromatic heterocycles. The minimum atomic E-state index is 0.262. The topological polar surface area (TPSA) is 77.0 Å². The number of phenolic OH excluding ortho intramolecular Hbond substituents is 1. The van der Waals surface area contributed by atoms with Gasteiger partial charge in [-0.25, -0.2) is 0 Å². The molecule has 0 bridgehead atoms. The van der Waals surface area contributed by atoms with Gasteiger partial charge in [0.2, 0.25) is 0 Å². The van der Waals surface area contributed by atoms with E-state index in [1.165, 1.54) is 0 Å². The van der Waals surface area contributed by atoms with E-state index in [2.05, 4.69) is 9.97 Å². The van der Waals surface area contributed by atoms with Crippen molar-refractivity contribution in [3.8, 4) is 17.1 Å². The molecule has 0 aliphatic rings. The van der Waals surface area contributed by atoms with Gasteiger partial charge in [-0.2, -0.15) is 0 Å². The van der Waals surface area contributed by atoms with Gasteiger partial charge in [-0.15, -0.1) is 0 Å². The molecule has 0 saturated heterocycles. The summed E-state index contributed by atoms with van der Waals surface area (Å²) in [6.45, 7) is 0.378. The maximum absolute atomic E-state index is 9.92. The zero-order valence-electron chi connectivity index (χ0n) is 10.5. The summed E-state index contributed by atoms with van der Waals surface area (Å²) in [6, 6.07) is 7.45. The van der Waals surface area contributed by atoms with Gasteiger partial charge in [0.05, 0.1) is 29.3 Å². The van der Waals surface area contributed by atoms with E-state index in [0.29, 0.717) is 6.54 Å². The van der Waals surface area contributed by atoms with Gasteiger partial charge >= 0.3 is 0 Å². The van der Waals surface area contributed by atoms with Gasteiger partial charge in [0.1, 0.15) is 11.4 Å². The van der Waals surface area contributed by atoms with Crippen LogP contribution in [0, 0.1) is 0 Å². The number of benzene rings is 1. The molecular weight excluding hydrogens is 240 g/mol. The van der Waals surface area contributed by atoms with Crippen molar-refractivity contribution in [2.45, 2.75) is 6.54 Å². The number of phenols is 1. The van der Waals surface area contributed by atoms with Gasteiger partial charge in [-0.05, 0) is 12.1 Å². The highest BCUT2D eigenvalue weighted by Crippen LogP contribution is 2.30. The number of hydrogen-bond donors (Lipinski definition) is 2. The lowest BCUT2D eigenvalue weighted by Gasteiger charge is -2.04. The SMILES string of the molecule is Cn1c(-c2cnc(CN)cn2)cc2cccc(O)c21. The van der Waals surface area contributed by atoms with Crippen LogP contribution in [-0.4, -0.2) is 19.6 Å². The summed E-state index contributed by atoms with van der Waals surface area (Å²) in [4.78, 5) is 8.60. The largest absolute Gasteiger partial charge is 0.506 e. The number of fused-ring (bicyclic) bond motifs is 1. The van der Waals surface area contributed by atoms with Crippen LogP contribution >= 0.6 is 0 Å². The van der Waals surface area contributed by atoms with Gasteiger partial charge in [0, 0.05) is 19.0 Å². The second kappa shape index (κ2) is 4.37. The van der Waals surface area contributed by atoms with E-state index >= 15 is 0 Å². The number of nitrogens with zero attached hydrogens (tertiary/aromatic N) is 3. The second-order valence-electron chi connectivity index (χ2n) is 4.40. The molecule has 3 rings (SSSR count). The molecule has 0 aliphatic carbocycles. The van der Waals surface area contributed by atoms with Crippen molar-refractivity contribution in [1.29, 1.82) is 0 Å². The van der Waals surface area contributed by atoms with Crippen molar-refractivity contribution >= 4 is 10.9 Å². The highest BCUT2D eigenvalue weighted by Gasteiger charge is 2.11. The predicted octanol–water partition coefficient (Wildman–Crippen LogP) is 1.80. The summed E-state index contributed by atoms with van der Waals surface area (Å²) in [5, 5.41) is 10.9. The number of aromatic nitrogens is 3. The molecule has 0 radical (unpaired) electrons. The second-order valence-corrected chi connectivity index (χ2v) is 4.40. The van der Waals surface area contributed by atoms with Crippen LogP contribution < -0.4 is 5.73 Å². The molecule has 2 heterocycles. The van der Waals surface area contributed by atoms with Crippen molar-refractivity contribution in [1.82, 2.24) is 14.5 Å². The third-order valence-corrected chi connectivity index (χ3v) is 3.21. The first-order chi connectivity index (χ1) is 9.20. The summed E-state index contributed by atoms with van der Waals surface area (Å²) in [5.74, 6) is 0.262. The van der Waals surface area contributed by atoms with Gasteiger partial charge in [0.25, 0.3) is 0 Å². The Labute approximate surface area is 110 Å². The van der Waals surface area contributed by atoms with Gasteiger partial charge in [0.15, 0.2) is 0 Å². The van der Waals surface area contributed by atoms with E-state index in [9.17, 15) is 5.11 Å². The highest BCUT2D eigenvalue weighted by molar-refractivity contribution is 5.90. The van der Waals surface area contributed by atoms with E-state index in [0.717, 1.165) is 28.0 Å². The van der Waals surface area contributed by atoms with Crippen molar-refractivity contribution in [2.75, 3.05) is 0 Å². The van der Waals surface area contributed by atoms with E-state index in [1.807, 2.05) is 29.8 Å². The summed E-state index contributed by atoms with van der Waals surface area (Å²) >= 11 is 0. The van der Waals surface area contributed by atoms with Crippen LogP contribution in [0.1, 0.15) is 5.69 Å². The van der Waals surface area contributed by atoms with Gasteiger partial charge in [-0.1, -0.05) is 12.1 Å². The van der Waals surface area contributed by atoms with Crippen molar-refractivity contribution < 1.29 is 5.11 Å². The number of nitrogens with two attached hydrogens (primary N) is 1. The fourth-order valence-corrected chi connectivity index (χ4v) is 2.23. The minimum Gasteiger partial charge on any atom is -0.506 e. The number of aromatic hydroxyl groups is 1. The maximum Gasteiger partial charge on any atom is 0.139 e. The lowest BCUT2D eigenvalue weighted by Crippen LogP contribution is -2.01. The van der Waals surface area contributed by atoms with Crippen molar-refractivity contribution in [2.24, 2.45) is 12.8 Å². The molecule has 96 valence electrons. The Balaban J connectivity index is 2.19. The molecule has 3 aromatic rings. The van der Waals surface area contributed by atoms with E-state index in [1.54, 1.807) is 18.5 Å². The maximum atomic E-state index is 9.92. The molecule has 5 heteroatoms. The van der Waals surface area contributed by atoms with Crippen LogP contribution in [0.5, 0.6) is 5.75 Å². The van der Waals surface area contributed by atoms with Crippen LogP contribution in [-0.2, 0) is 13.6 Å². The third-order valence-electron chi connectivity index (χ3n) is 3.21. The third kappa shape index (κ3) is 1.84. The lowest BCUT2D eigenvalue weighted by atomic mass is 10.2. The Bertz CT molecular complexity index is 731. The summed E-state index contributed by atoms with van der Waals surface area (Å²) in [5.41, 5.74) is 8.73. The van der Waals surface area contributed by atoms with Crippen LogP contribution in [0.15, 0.2) is 36.7 Å². The van der Waals surface area contributed by atoms with Crippen LogP contribution in [0.4, 0.5) is 0 Å². The standard InChI is InChI=1S/C14H14N4O/c1-18-12(11-8-16-10(6-15)7-17-11)5-9-3-2-4-13(19)14(9)18/h2-5,7-8,19H,6,15H2,1H3. The Kier molecular flexibility index (Phi) is 2.68. The zero-order valence-corrected chi connectivity index (χ0v) is 10.5. The average molecular weight is 254 g/mol. The molecule has 5 nitrogen and oxygen atoms in total. The molecular formula is C14H14N4O. The molecule has 0 aliphatic heterocycles. The fourth-order valence-electron chi connectivity index (χ4n) is 2.23. The molecule has 1 aromatic carbocycles. The van der Waals surface area contributed by atoms with Crippen LogP contribution in [0.3, 0.4) is 0 Å². The molecule has 0 fully saturated rings. The number of rotatable bonds is 2. The average Bonchev–Trinajstić information content (AvgIpc) is 2.78. The van der Waals surface area contributed by atoms with Gasteiger partial charge in [-0.3, -0.25) is 9.97 Å². The summed E-state index contributed by atoms with van der Waals surface area (Å²) in [7, 11) is 1.90. The smallest absolute Gasteiger partial charge is 0.139 e. The normalized spacial score (nSPS) is 11.1. The summed E-state index contributed by atoms with van der Waals surface area (Å²) in [6.07, 6.45) is 3.38. The first-order valence-electron chi connectivity index (χ1n) is 5.99. The Morgan fingerprint density at radius 3 is 2.74 bits per heavy atom. The minimum absolute atomic E-state index is 0.262. The fraction of sp³-hybridized carbons (Fsp3) is 0.143. The highest BCUT2D eigenvalue weighted by atomic mass is 16.3.